The Hall–Kier alpha value is -1.50. The maximum absolute atomic E-state index is 14.4. The van der Waals surface area contributed by atoms with E-state index >= 15 is 0 Å². The van der Waals surface area contributed by atoms with E-state index in [4.69, 9.17) is 9.94 Å². The van der Waals surface area contributed by atoms with E-state index in [1.54, 1.807) is 11.5 Å². The van der Waals surface area contributed by atoms with E-state index in [1.807, 2.05) is 0 Å². The van der Waals surface area contributed by atoms with E-state index in [0.717, 1.165) is 38.0 Å². The average molecular weight is 336 g/mol. The van der Waals surface area contributed by atoms with Crippen LogP contribution in [-0.4, -0.2) is 41.3 Å². The van der Waals surface area contributed by atoms with Gasteiger partial charge >= 0.3 is 0 Å². The molecule has 5 nitrogen and oxygen atoms in total. The molecule has 1 aromatic rings. The van der Waals surface area contributed by atoms with E-state index < -0.39 is 5.91 Å². The molecule has 2 atom stereocenters. The highest BCUT2D eigenvalue weighted by atomic mass is 19.1. The molecular formula is C18H25FN2O3. The summed E-state index contributed by atoms with van der Waals surface area (Å²) in [6.07, 6.45) is 5.22. The van der Waals surface area contributed by atoms with Crippen LogP contribution in [0, 0.1) is 5.82 Å². The van der Waals surface area contributed by atoms with Crippen molar-refractivity contribution in [2.45, 2.75) is 57.7 Å². The van der Waals surface area contributed by atoms with Gasteiger partial charge in [0.05, 0.1) is 6.10 Å². The molecule has 132 valence electrons. The maximum Gasteiger partial charge on any atom is 0.274 e. The third-order valence-corrected chi connectivity index (χ3v) is 5.16. The summed E-state index contributed by atoms with van der Waals surface area (Å²) >= 11 is 0. The molecule has 2 N–H and O–H groups in total. The summed E-state index contributed by atoms with van der Waals surface area (Å²) in [5.41, 5.74) is 3.24. The van der Waals surface area contributed by atoms with Gasteiger partial charge in [-0.3, -0.25) is 14.9 Å². The minimum atomic E-state index is -0.684. The topological polar surface area (TPSA) is 61.8 Å². The molecule has 24 heavy (non-hydrogen) atoms. The molecule has 2 aliphatic heterocycles. The number of nitrogens with one attached hydrogen (secondary N) is 1. The minimum Gasteiger partial charge on any atom is -0.377 e. The van der Waals surface area contributed by atoms with Crippen LogP contribution in [0.15, 0.2) is 12.1 Å². The summed E-state index contributed by atoms with van der Waals surface area (Å²) in [6.45, 7) is 4.39. The predicted octanol–water partition coefficient (Wildman–Crippen LogP) is 2.65. The van der Waals surface area contributed by atoms with E-state index in [0.29, 0.717) is 18.5 Å². The van der Waals surface area contributed by atoms with Crippen molar-refractivity contribution in [1.29, 1.82) is 0 Å². The monoisotopic (exact) mass is 336 g/mol. The third kappa shape index (κ3) is 3.61. The van der Waals surface area contributed by atoms with E-state index in [9.17, 15) is 9.18 Å². The van der Waals surface area contributed by atoms with Crippen LogP contribution in [-0.2, 0) is 17.7 Å². The van der Waals surface area contributed by atoms with Crippen molar-refractivity contribution in [1.82, 2.24) is 10.4 Å². The van der Waals surface area contributed by atoms with Crippen molar-refractivity contribution >= 4 is 5.91 Å². The lowest BCUT2D eigenvalue weighted by Crippen LogP contribution is -2.45. The molecule has 0 aliphatic carbocycles. The van der Waals surface area contributed by atoms with Gasteiger partial charge in [-0.15, -0.1) is 0 Å². The number of hydroxylamine groups is 1. The van der Waals surface area contributed by atoms with E-state index in [1.165, 1.54) is 12.5 Å². The van der Waals surface area contributed by atoms with Crippen molar-refractivity contribution in [3.05, 3.63) is 34.6 Å². The SMILES string of the molecule is CC[C@@H]1Cc2c(F)cc(C(=O)NO)cc2CN1C[C@H]1CCCCO1. The number of hydrogen-bond donors (Lipinski definition) is 2. The van der Waals surface area contributed by atoms with Crippen LogP contribution in [0.4, 0.5) is 4.39 Å². The Morgan fingerprint density at radius 1 is 1.46 bits per heavy atom. The first-order chi connectivity index (χ1) is 11.6. The zero-order valence-electron chi connectivity index (χ0n) is 14.1. The molecule has 2 aliphatic rings. The summed E-state index contributed by atoms with van der Waals surface area (Å²) in [5, 5.41) is 8.78. The molecule has 0 spiro atoms. The number of carbonyl (C=O) groups excluding carboxylic acids is 1. The van der Waals surface area contributed by atoms with Crippen LogP contribution < -0.4 is 5.48 Å². The van der Waals surface area contributed by atoms with Crippen molar-refractivity contribution < 1.29 is 19.1 Å². The molecule has 0 saturated carbocycles. The fourth-order valence-corrected chi connectivity index (χ4v) is 3.80. The third-order valence-electron chi connectivity index (χ3n) is 5.16. The number of ether oxygens (including phenoxy) is 1. The van der Waals surface area contributed by atoms with Crippen LogP contribution >= 0.6 is 0 Å². The lowest BCUT2D eigenvalue weighted by Gasteiger charge is -2.39. The van der Waals surface area contributed by atoms with Gasteiger partial charge in [-0.25, -0.2) is 9.87 Å². The van der Waals surface area contributed by atoms with Gasteiger partial charge in [-0.1, -0.05) is 6.92 Å². The van der Waals surface area contributed by atoms with Crippen molar-refractivity contribution in [3.63, 3.8) is 0 Å². The lowest BCUT2D eigenvalue weighted by molar-refractivity contribution is -0.0182. The molecule has 3 rings (SSSR count). The minimum absolute atomic E-state index is 0.151. The molecule has 0 aromatic heterocycles. The van der Waals surface area contributed by atoms with Gasteiger partial charge in [-0.05, 0) is 55.4 Å². The van der Waals surface area contributed by atoms with Crippen LogP contribution in [0.3, 0.4) is 0 Å². The smallest absolute Gasteiger partial charge is 0.274 e. The number of rotatable bonds is 4. The summed E-state index contributed by atoms with van der Waals surface area (Å²) in [4.78, 5) is 14.0. The van der Waals surface area contributed by atoms with Crippen molar-refractivity contribution in [2.75, 3.05) is 13.2 Å². The highest BCUT2D eigenvalue weighted by Gasteiger charge is 2.30. The molecule has 1 saturated heterocycles. The van der Waals surface area contributed by atoms with Crippen LogP contribution in [0.25, 0.3) is 0 Å². The largest absolute Gasteiger partial charge is 0.377 e. The number of fused-ring (bicyclic) bond motifs is 1. The molecule has 2 heterocycles. The summed E-state index contributed by atoms with van der Waals surface area (Å²) in [7, 11) is 0. The quantitative estimate of drug-likeness (QED) is 0.655. The maximum atomic E-state index is 14.4. The second-order valence-corrected chi connectivity index (χ2v) is 6.72. The highest BCUT2D eigenvalue weighted by Crippen LogP contribution is 2.29. The Kier molecular flexibility index (Phi) is 5.48. The Balaban J connectivity index is 1.82. The second kappa shape index (κ2) is 7.59. The standard InChI is InChI=1S/C18H25FN2O3/c1-2-14-9-16-13(7-12(8-17(16)19)18(22)20-23)10-21(14)11-15-5-3-4-6-24-15/h7-8,14-15,23H,2-6,9-11H2,1H3,(H,20,22)/t14-,15-/m1/s1. The van der Waals surface area contributed by atoms with E-state index in [2.05, 4.69) is 11.8 Å². The number of hydrogen-bond acceptors (Lipinski definition) is 4. The molecule has 1 fully saturated rings. The molecule has 1 aromatic carbocycles. The van der Waals surface area contributed by atoms with Gasteiger partial charge in [0.15, 0.2) is 0 Å². The first kappa shape index (κ1) is 17.3. The normalized spacial score (nSPS) is 24.5. The van der Waals surface area contributed by atoms with Gasteiger partial charge in [0, 0.05) is 31.3 Å². The molecular weight excluding hydrogens is 311 g/mol. The lowest BCUT2D eigenvalue weighted by atomic mass is 9.90. The Morgan fingerprint density at radius 3 is 2.96 bits per heavy atom. The molecule has 0 bridgehead atoms. The summed E-state index contributed by atoms with van der Waals surface area (Å²) in [5.74, 6) is -1.05. The predicted molar refractivity (Wildman–Crippen MR) is 87.4 cm³/mol. The number of halogens is 1. The van der Waals surface area contributed by atoms with Crippen LogP contribution in [0.2, 0.25) is 0 Å². The second-order valence-electron chi connectivity index (χ2n) is 6.72. The molecule has 6 heteroatoms. The number of amides is 1. The van der Waals surface area contributed by atoms with Crippen LogP contribution in [0.5, 0.6) is 0 Å². The number of nitrogens with zero attached hydrogens (tertiary/aromatic N) is 1. The fraction of sp³-hybridized carbons (Fsp3) is 0.611. The Bertz CT molecular complexity index is 602. The van der Waals surface area contributed by atoms with Crippen LogP contribution in [0.1, 0.15) is 54.1 Å². The van der Waals surface area contributed by atoms with Gasteiger partial charge in [0.25, 0.3) is 5.91 Å². The van der Waals surface area contributed by atoms with Gasteiger partial charge < -0.3 is 4.74 Å². The summed E-state index contributed by atoms with van der Waals surface area (Å²) < 4.78 is 20.3. The van der Waals surface area contributed by atoms with Gasteiger partial charge in [0.1, 0.15) is 5.82 Å². The number of carbonyl (C=O) groups is 1. The Morgan fingerprint density at radius 2 is 2.29 bits per heavy atom. The first-order valence-electron chi connectivity index (χ1n) is 8.73. The first-order valence-corrected chi connectivity index (χ1v) is 8.73. The van der Waals surface area contributed by atoms with Gasteiger partial charge in [0.2, 0.25) is 0 Å². The molecule has 0 radical (unpaired) electrons. The average Bonchev–Trinajstić information content (AvgIpc) is 2.61. The number of benzene rings is 1. The van der Waals surface area contributed by atoms with Crippen molar-refractivity contribution in [3.8, 4) is 0 Å². The molecule has 1 amide bonds. The van der Waals surface area contributed by atoms with E-state index in [-0.39, 0.29) is 23.5 Å². The highest BCUT2D eigenvalue weighted by molar-refractivity contribution is 5.93. The van der Waals surface area contributed by atoms with Crippen molar-refractivity contribution in [2.24, 2.45) is 0 Å². The Labute approximate surface area is 141 Å². The van der Waals surface area contributed by atoms with Gasteiger partial charge in [-0.2, -0.15) is 0 Å². The molecule has 0 unspecified atom stereocenters. The summed E-state index contributed by atoms with van der Waals surface area (Å²) in [6, 6.07) is 3.18. The zero-order valence-corrected chi connectivity index (χ0v) is 14.1. The fourth-order valence-electron chi connectivity index (χ4n) is 3.80. The zero-order chi connectivity index (χ0) is 17.1.